The van der Waals surface area contributed by atoms with Gasteiger partial charge in [0.15, 0.2) is 0 Å². The van der Waals surface area contributed by atoms with Crippen LogP contribution < -0.4 is 10.1 Å². The number of amides is 1. The molecule has 0 unspecified atom stereocenters. The highest BCUT2D eigenvalue weighted by atomic mass is 35.5. The SMILES string of the molecule is CCOc1ccccc1CCC(=O)N1CCC(c2nnc3n2CCNC3)CC1.Cl. The second kappa shape index (κ2) is 10.1. The summed E-state index contributed by atoms with van der Waals surface area (Å²) in [7, 11) is 0. The van der Waals surface area contributed by atoms with Gasteiger partial charge < -0.3 is 19.5 Å². The summed E-state index contributed by atoms with van der Waals surface area (Å²) in [4.78, 5) is 14.7. The monoisotopic (exact) mass is 419 g/mol. The van der Waals surface area contributed by atoms with Crippen LogP contribution in [0, 0.1) is 0 Å². The molecule has 2 aliphatic rings. The summed E-state index contributed by atoms with van der Waals surface area (Å²) in [6.07, 6.45) is 3.18. The van der Waals surface area contributed by atoms with E-state index in [1.54, 1.807) is 0 Å². The number of aryl methyl sites for hydroxylation is 1. The Bertz CT molecular complexity index is 817. The van der Waals surface area contributed by atoms with E-state index >= 15 is 0 Å². The Hall–Kier alpha value is -2.12. The molecule has 0 radical (unpaired) electrons. The third kappa shape index (κ3) is 4.90. The Morgan fingerprint density at radius 2 is 2.00 bits per heavy atom. The van der Waals surface area contributed by atoms with Gasteiger partial charge in [-0.1, -0.05) is 18.2 Å². The fourth-order valence-electron chi connectivity index (χ4n) is 4.21. The van der Waals surface area contributed by atoms with E-state index in [0.29, 0.717) is 18.9 Å². The van der Waals surface area contributed by atoms with Crippen LogP contribution in [0.1, 0.15) is 49.3 Å². The number of hydrogen-bond acceptors (Lipinski definition) is 5. The Labute approximate surface area is 178 Å². The second-order valence-electron chi connectivity index (χ2n) is 7.50. The average Bonchev–Trinajstić information content (AvgIpc) is 3.17. The molecule has 0 spiro atoms. The van der Waals surface area contributed by atoms with Crippen LogP contribution in [0.25, 0.3) is 0 Å². The maximum absolute atomic E-state index is 12.7. The molecule has 0 atom stereocenters. The number of carbonyl (C=O) groups is 1. The van der Waals surface area contributed by atoms with Crippen LogP contribution in [0.5, 0.6) is 5.75 Å². The molecule has 1 fully saturated rings. The van der Waals surface area contributed by atoms with Crippen LogP contribution in [-0.2, 0) is 24.3 Å². The number of nitrogens with one attached hydrogen (secondary N) is 1. The van der Waals surface area contributed by atoms with E-state index in [1.807, 2.05) is 36.1 Å². The van der Waals surface area contributed by atoms with Crippen LogP contribution >= 0.6 is 12.4 Å². The lowest BCUT2D eigenvalue weighted by molar-refractivity contribution is -0.132. The predicted molar refractivity (Wildman–Crippen MR) is 113 cm³/mol. The molecule has 0 saturated carbocycles. The summed E-state index contributed by atoms with van der Waals surface area (Å²) in [6, 6.07) is 8.00. The largest absolute Gasteiger partial charge is 0.494 e. The molecule has 1 aromatic heterocycles. The number of halogens is 1. The number of aromatic nitrogens is 3. The predicted octanol–water partition coefficient (Wildman–Crippen LogP) is 2.54. The van der Waals surface area contributed by atoms with Crippen molar-refractivity contribution in [2.75, 3.05) is 26.2 Å². The smallest absolute Gasteiger partial charge is 0.222 e. The first-order valence-corrected chi connectivity index (χ1v) is 10.4. The van der Waals surface area contributed by atoms with E-state index in [9.17, 15) is 4.79 Å². The number of fused-ring (bicyclic) bond motifs is 1. The van der Waals surface area contributed by atoms with Crippen molar-refractivity contribution in [3.63, 3.8) is 0 Å². The van der Waals surface area contributed by atoms with Gasteiger partial charge in [0.25, 0.3) is 0 Å². The molecule has 7 nitrogen and oxygen atoms in total. The highest BCUT2D eigenvalue weighted by Gasteiger charge is 2.28. The summed E-state index contributed by atoms with van der Waals surface area (Å²) in [5, 5.41) is 12.1. The van der Waals surface area contributed by atoms with Crippen molar-refractivity contribution < 1.29 is 9.53 Å². The summed E-state index contributed by atoms with van der Waals surface area (Å²) < 4.78 is 7.94. The lowest BCUT2D eigenvalue weighted by atomic mass is 9.95. The zero-order valence-corrected chi connectivity index (χ0v) is 17.8. The molecule has 1 saturated heterocycles. The van der Waals surface area contributed by atoms with Crippen molar-refractivity contribution in [1.29, 1.82) is 0 Å². The molecule has 1 N–H and O–H groups in total. The number of nitrogens with zero attached hydrogens (tertiary/aromatic N) is 4. The fraction of sp³-hybridized carbons (Fsp3) is 0.571. The molecule has 3 heterocycles. The molecule has 0 aliphatic carbocycles. The van der Waals surface area contributed by atoms with Gasteiger partial charge in [-0.25, -0.2) is 0 Å². The van der Waals surface area contributed by atoms with Gasteiger partial charge in [-0.15, -0.1) is 22.6 Å². The average molecular weight is 420 g/mol. The lowest BCUT2D eigenvalue weighted by Gasteiger charge is -2.32. The Morgan fingerprint density at radius 3 is 2.79 bits per heavy atom. The Balaban J connectivity index is 0.00000240. The van der Waals surface area contributed by atoms with Gasteiger partial charge in [0.2, 0.25) is 5.91 Å². The van der Waals surface area contributed by atoms with Crippen LogP contribution in [-0.4, -0.2) is 51.8 Å². The van der Waals surface area contributed by atoms with Crippen molar-refractivity contribution in [1.82, 2.24) is 25.0 Å². The van der Waals surface area contributed by atoms with Gasteiger partial charge in [-0.05, 0) is 37.8 Å². The molecule has 8 heteroatoms. The number of para-hydroxylation sites is 1. The fourth-order valence-corrected chi connectivity index (χ4v) is 4.21. The van der Waals surface area contributed by atoms with Crippen LogP contribution in [0.2, 0.25) is 0 Å². The minimum absolute atomic E-state index is 0. The molecule has 0 bridgehead atoms. The van der Waals surface area contributed by atoms with Crippen LogP contribution in [0.15, 0.2) is 24.3 Å². The summed E-state index contributed by atoms with van der Waals surface area (Å²) in [5.74, 6) is 3.67. The normalized spacial score (nSPS) is 16.8. The second-order valence-corrected chi connectivity index (χ2v) is 7.50. The number of carbonyl (C=O) groups excluding carboxylic acids is 1. The molecular formula is C21H30ClN5O2. The van der Waals surface area contributed by atoms with Crippen molar-refractivity contribution in [3.8, 4) is 5.75 Å². The Morgan fingerprint density at radius 1 is 1.21 bits per heavy atom. The van der Waals surface area contributed by atoms with Gasteiger partial charge in [0, 0.05) is 38.5 Å². The van der Waals surface area contributed by atoms with Gasteiger partial charge in [0.1, 0.15) is 17.4 Å². The summed E-state index contributed by atoms with van der Waals surface area (Å²) in [6.45, 7) is 6.94. The number of benzene rings is 1. The topological polar surface area (TPSA) is 72.3 Å². The lowest BCUT2D eigenvalue weighted by Crippen LogP contribution is -2.39. The number of piperidine rings is 1. The highest BCUT2D eigenvalue weighted by molar-refractivity contribution is 5.85. The van der Waals surface area contributed by atoms with Crippen molar-refractivity contribution in [2.24, 2.45) is 0 Å². The molecule has 4 rings (SSSR count). The number of ether oxygens (including phenoxy) is 1. The van der Waals surface area contributed by atoms with Crippen molar-refractivity contribution >= 4 is 18.3 Å². The van der Waals surface area contributed by atoms with Crippen LogP contribution in [0.4, 0.5) is 0 Å². The van der Waals surface area contributed by atoms with Gasteiger partial charge in [-0.2, -0.15) is 0 Å². The Kier molecular flexibility index (Phi) is 7.50. The quantitative estimate of drug-likeness (QED) is 0.779. The maximum atomic E-state index is 12.7. The van der Waals surface area contributed by atoms with Gasteiger partial charge >= 0.3 is 0 Å². The first kappa shape index (κ1) is 21.6. The van der Waals surface area contributed by atoms with Crippen molar-refractivity contribution in [2.45, 2.75) is 51.6 Å². The van der Waals surface area contributed by atoms with E-state index < -0.39 is 0 Å². The minimum atomic E-state index is 0. The maximum Gasteiger partial charge on any atom is 0.222 e. The molecule has 1 aromatic carbocycles. The zero-order valence-electron chi connectivity index (χ0n) is 17.0. The first-order chi connectivity index (χ1) is 13.8. The standard InChI is InChI=1S/C21H29N5O2.ClH/c1-2-28-18-6-4-3-5-16(18)7-8-20(27)25-12-9-17(10-13-25)21-24-23-19-15-22-11-14-26(19)21;/h3-6,17,22H,2,7-15H2,1H3;1H. The molecule has 2 aliphatic heterocycles. The number of rotatable bonds is 6. The van der Waals surface area contributed by atoms with Gasteiger partial charge in [0.05, 0.1) is 13.2 Å². The first-order valence-electron chi connectivity index (χ1n) is 10.4. The minimum Gasteiger partial charge on any atom is -0.494 e. The third-order valence-corrected chi connectivity index (χ3v) is 5.74. The summed E-state index contributed by atoms with van der Waals surface area (Å²) in [5.41, 5.74) is 1.11. The third-order valence-electron chi connectivity index (χ3n) is 5.74. The number of hydrogen-bond donors (Lipinski definition) is 1. The van der Waals surface area contributed by atoms with E-state index in [2.05, 4.69) is 20.1 Å². The number of likely N-dealkylation sites (tertiary alicyclic amines) is 1. The molecule has 29 heavy (non-hydrogen) atoms. The van der Waals surface area contributed by atoms with Crippen LogP contribution in [0.3, 0.4) is 0 Å². The van der Waals surface area contributed by atoms with E-state index in [1.165, 1.54) is 0 Å². The van der Waals surface area contributed by atoms with E-state index in [0.717, 1.165) is 74.9 Å². The van der Waals surface area contributed by atoms with E-state index in [4.69, 9.17) is 4.74 Å². The highest BCUT2D eigenvalue weighted by Crippen LogP contribution is 2.28. The van der Waals surface area contributed by atoms with Crippen molar-refractivity contribution in [3.05, 3.63) is 41.5 Å². The molecule has 2 aromatic rings. The summed E-state index contributed by atoms with van der Waals surface area (Å²) >= 11 is 0. The zero-order chi connectivity index (χ0) is 19.3. The van der Waals surface area contributed by atoms with E-state index in [-0.39, 0.29) is 18.3 Å². The van der Waals surface area contributed by atoms with Gasteiger partial charge in [-0.3, -0.25) is 4.79 Å². The molecule has 158 valence electrons. The molecular weight excluding hydrogens is 390 g/mol. The molecule has 1 amide bonds.